The highest BCUT2D eigenvalue weighted by Gasteiger charge is 2.20. The second kappa shape index (κ2) is 36.5. The third-order valence-corrected chi connectivity index (χ3v) is 11.1. The van der Waals surface area contributed by atoms with Crippen LogP contribution in [0.5, 0.6) is 5.88 Å². The summed E-state index contributed by atoms with van der Waals surface area (Å²) in [6.07, 6.45) is 0. The van der Waals surface area contributed by atoms with Crippen LogP contribution >= 0.6 is 23.2 Å². The number of aliphatic hydroxyl groups is 2. The van der Waals surface area contributed by atoms with Gasteiger partial charge in [-0.3, -0.25) is 23.4 Å². The molecule has 0 radical (unpaired) electrons. The number of aromatic nitrogens is 7. The number of anilines is 8. The molecule has 6 aromatic rings. The summed E-state index contributed by atoms with van der Waals surface area (Å²) in [5, 5.41) is 47.4. The fourth-order valence-electron chi connectivity index (χ4n) is 5.84. The van der Waals surface area contributed by atoms with Crippen molar-refractivity contribution in [1.82, 2.24) is 39.4 Å². The second-order valence-corrected chi connectivity index (χ2v) is 19.9. The van der Waals surface area contributed by atoms with Crippen molar-refractivity contribution in [3.05, 3.63) is 105 Å². The van der Waals surface area contributed by atoms with Crippen LogP contribution in [0, 0.1) is 13.8 Å². The summed E-state index contributed by atoms with van der Waals surface area (Å²) in [6.45, 7) is 5.47. The number of pyridine rings is 1. The Morgan fingerprint density at radius 1 is 0.566 bits per heavy atom. The first kappa shape index (κ1) is 73.0. The van der Waals surface area contributed by atoms with Crippen molar-refractivity contribution < 1.29 is 91.8 Å². The molecule has 0 amide bonds. The molecule has 0 bridgehead atoms. The van der Waals surface area contributed by atoms with E-state index in [1.807, 2.05) is 30.3 Å². The Morgan fingerprint density at radius 2 is 0.964 bits per heavy atom. The van der Waals surface area contributed by atoms with E-state index in [1.54, 1.807) is 49.9 Å². The maximum absolute atomic E-state index is 13.0. The van der Waals surface area contributed by atoms with Crippen LogP contribution < -0.4 is 26.8 Å². The lowest BCUT2D eigenvalue weighted by Crippen LogP contribution is -2.34. The summed E-state index contributed by atoms with van der Waals surface area (Å²) >= 11 is 12.4. The van der Waals surface area contributed by atoms with Gasteiger partial charge in [-0.05, 0) is 98.1 Å². The number of benzene rings is 3. The largest absolute Gasteiger partial charge is 0.494 e. The van der Waals surface area contributed by atoms with Gasteiger partial charge < -0.3 is 36.6 Å². The van der Waals surface area contributed by atoms with Crippen LogP contribution in [0.4, 0.5) is 57.9 Å². The van der Waals surface area contributed by atoms with Crippen LogP contribution in [0.15, 0.2) is 92.7 Å². The second-order valence-electron chi connectivity index (χ2n) is 14.7. The van der Waals surface area contributed by atoms with Crippen LogP contribution in [-0.2, 0) is 69.2 Å². The highest BCUT2D eigenvalue weighted by molar-refractivity contribution is 7.86. The molecule has 44 heteroatoms. The molecule has 83 heavy (non-hydrogen) atoms. The molecule has 36 nitrogen and oxygen atoms in total. The van der Waals surface area contributed by atoms with Crippen molar-refractivity contribution in [3.63, 3.8) is 0 Å². The maximum atomic E-state index is 13.0. The van der Waals surface area contributed by atoms with Gasteiger partial charge in [-0.2, -0.15) is 46.7 Å². The fourth-order valence-corrected chi connectivity index (χ4v) is 7.25. The van der Waals surface area contributed by atoms with Gasteiger partial charge in [0.1, 0.15) is 10.6 Å². The average Bonchev–Trinajstić information content (AvgIpc) is 3.41. The zero-order chi connectivity index (χ0) is 63.2. The van der Waals surface area contributed by atoms with E-state index in [-0.39, 0.29) is 102 Å². The quantitative estimate of drug-likeness (QED) is 0.0411. The Labute approximate surface area is 485 Å². The van der Waals surface area contributed by atoms with Gasteiger partial charge in [-0.15, -0.1) is 60.7 Å². The number of aliphatic hydroxyl groups excluding tert-OH is 2. The first-order chi connectivity index (χ1) is 38.7. The third kappa shape index (κ3) is 30.6. The normalized spacial score (nSPS) is 10.5. The van der Waals surface area contributed by atoms with Crippen LogP contribution in [-0.4, -0.2) is 170 Å². The molecule has 0 fully saturated rings. The van der Waals surface area contributed by atoms with Crippen LogP contribution in [0.3, 0.4) is 0 Å². The molecular formula is C39H44Cl2N14O22S6. The van der Waals surface area contributed by atoms with E-state index in [4.69, 9.17) is 88.5 Å². The minimum Gasteiger partial charge on any atom is -0.494 e. The van der Waals surface area contributed by atoms with Crippen LogP contribution in [0.2, 0.25) is 10.6 Å². The molecule has 0 aliphatic carbocycles. The monoisotopic (exact) mass is 1320 g/mol. The van der Waals surface area contributed by atoms with Crippen molar-refractivity contribution in [3.8, 4) is 5.88 Å². The number of aromatic hydroxyl groups is 1. The molecular weight excluding hydrogens is 1280 g/mol. The highest BCUT2D eigenvalue weighted by atomic mass is 35.5. The highest BCUT2D eigenvalue weighted by Crippen LogP contribution is 2.32. The molecule has 0 atom stereocenters. The van der Waals surface area contributed by atoms with Gasteiger partial charge in [0.2, 0.25) is 34.4 Å². The average molecular weight is 1320 g/mol. The molecule has 6 rings (SSSR count). The summed E-state index contributed by atoms with van der Waals surface area (Å²) in [7, 11) is -21.2. The van der Waals surface area contributed by atoms with E-state index in [0.717, 1.165) is 16.3 Å². The van der Waals surface area contributed by atoms with Gasteiger partial charge in [-0.25, -0.2) is 0 Å². The molecule has 0 aliphatic heterocycles. The fraction of sp³-hybridized carbons (Fsp3) is 0.256. The number of nitrogens with one attached hydrogen (secondary N) is 4. The number of para-hydroxylation sites is 1. The number of hydrogen-bond donors (Lipinski definition) is 9. The molecule has 0 saturated carbocycles. The molecule has 0 spiro atoms. The lowest BCUT2D eigenvalue weighted by molar-refractivity contribution is 0.166. The standard InChI is InChI=1S/C33H29Cl2N13O5S.C6H15NO5S.4O3S/c1-4-48-26(49)18(3)17(2)25(27(48)50)47-46-23-16-22(13-14-24(23)54(51,52)53)39-33-43-29(35)42-32(45-33)38-21-12-8-11-20(15-21)37-31-41-28(34)40-30(44-31)36-19-9-6-5-7-10-19;8-4-1-7(2-5-9)3-6-13(10,11)12;4*1-4(2)3/h5-16,49H,4H2,1-3H3,(H,51,52,53)(H2,36,37,40,41,44)(H2,38,39,42,43,45);8-9H,1-6H2,(H,10,11,12);;;;. The molecule has 0 unspecified atom stereocenters. The molecule has 3 heterocycles. The van der Waals surface area contributed by atoms with Crippen molar-refractivity contribution in [2.75, 3.05) is 59.9 Å². The van der Waals surface area contributed by atoms with Crippen LogP contribution in [0.1, 0.15) is 18.1 Å². The van der Waals surface area contributed by atoms with E-state index in [9.17, 15) is 31.3 Å². The van der Waals surface area contributed by atoms with E-state index < -0.39 is 73.1 Å². The van der Waals surface area contributed by atoms with E-state index >= 15 is 0 Å². The van der Waals surface area contributed by atoms with Crippen molar-refractivity contribution in [2.24, 2.45) is 10.2 Å². The smallest absolute Gasteiger partial charge is 0.425 e. The lowest BCUT2D eigenvalue weighted by atomic mass is 10.1. The van der Waals surface area contributed by atoms with Gasteiger partial charge in [0.15, 0.2) is 11.6 Å². The van der Waals surface area contributed by atoms with Gasteiger partial charge in [0.05, 0.1) is 19.0 Å². The van der Waals surface area contributed by atoms with E-state index in [1.165, 1.54) is 12.1 Å². The summed E-state index contributed by atoms with van der Waals surface area (Å²) in [5.74, 6) is -0.160. The zero-order valence-electron chi connectivity index (χ0n) is 42.2. The van der Waals surface area contributed by atoms with Crippen LogP contribution in [0.25, 0.3) is 0 Å². The van der Waals surface area contributed by atoms with Gasteiger partial charge in [-0.1, -0.05) is 24.3 Å². The summed E-state index contributed by atoms with van der Waals surface area (Å²) in [4.78, 5) is 39.2. The number of azo groups is 1. The summed E-state index contributed by atoms with van der Waals surface area (Å²) < 4.78 is 166. The van der Waals surface area contributed by atoms with E-state index in [0.29, 0.717) is 22.5 Å². The third-order valence-electron chi connectivity index (χ3n) is 9.14. The first-order valence-corrected chi connectivity index (χ1v) is 29.5. The van der Waals surface area contributed by atoms with E-state index in [2.05, 4.69) is 61.4 Å². The minimum absolute atomic E-state index is 0.0216. The number of rotatable bonds is 19. The topological polar surface area (TPSA) is 550 Å². The zero-order valence-corrected chi connectivity index (χ0v) is 48.6. The number of nitrogens with zero attached hydrogens (tertiary/aromatic N) is 10. The SMILES string of the molecule is CCn1c(O)c(C)c(C)c(N=Nc2cc(Nc3nc(Cl)nc(Nc4cccc(Nc5nc(Cl)nc(Nc6ccccc6)n5)c4)n3)ccc2S(=O)(=O)O)c1=O.O=S(=O)(O)CCN(CCO)CCO.O=S(=O)=O.O=S(=O)=O.O=S(=O)=O.O=S(=O)=O. The first-order valence-electron chi connectivity index (χ1n) is 21.7. The summed E-state index contributed by atoms with van der Waals surface area (Å²) in [5.41, 5.74) is 1.79. The number of halogens is 2. The Kier molecular flexibility index (Phi) is 32.1. The lowest BCUT2D eigenvalue weighted by Gasteiger charge is -2.18. The van der Waals surface area contributed by atoms with Crippen molar-refractivity contribution >= 4 is 144 Å². The number of hydrogen-bond acceptors (Lipinski definition) is 33. The van der Waals surface area contributed by atoms with Crippen molar-refractivity contribution in [2.45, 2.75) is 32.2 Å². The Morgan fingerprint density at radius 3 is 1.35 bits per heavy atom. The molecule has 0 aliphatic rings. The van der Waals surface area contributed by atoms with Gasteiger partial charge >= 0.3 is 42.4 Å². The molecule has 0 saturated heterocycles. The minimum atomic E-state index is -4.77. The molecule has 3 aromatic heterocycles. The summed E-state index contributed by atoms with van der Waals surface area (Å²) in [6, 6.07) is 20.0. The van der Waals surface area contributed by atoms with Gasteiger partial charge in [0.25, 0.3) is 25.8 Å². The predicted molar refractivity (Wildman–Crippen MR) is 289 cm³/mol. The Hall–Kier alpha value is -8.01. The predicted octanol–water partition coefficient (Wildman–Crippen LogP) is 1.65. The van der Waals surface area contributed by atoms with Gasteiger partial charge in [0, 0.05) is 54.5 Å². The molecule has 9 N–H and O–H groups in total. The van der Waals surface area contributed by atoms with Crippen molar-refractivity contribution in [1.29, 1.82) is 0 Å². The maximum Gasteiger partial charge on any atom is 0.425 e. The Bertz CT molecular complexity index is 3850. The Balaban J connectivity index is 0.000000978. The molecule has 452 valence electrons. The molecule has 3 aromatic carbocycles.